The fourth-order valence-electron chi connectivity index (χ4n) is 1.84. The molecule has 0 bridgehead atoms. The van der Waals surface area contributed by atoms with Crippen LogP contribution in [0.25, 0.3) is 0 Å². The minimum Gasteiger partial charge on any atom is -0.390 e. The number of aliphatic hydroxyl groups excluding tert-OH is 1. The molecule has 1 heterocycles. The van der Waals surface area contributed by atoms with Gasteiger partial charge in [-0.2, -0.15) is 5.26 Å². The summed E-state index contributed by atoms with van der Waals surface area (Å²) in [4.78, 5) is 4.13. The van der Waals surface area contributed by atoms with Gasteiger partial charge >= 0.3 is 0 Å². The van der Waals surface area contributed by atoms with Gasteiger partial charge in [0.1, 0.15) is 11.6 Å². The molecule has 4 nitrogen and oxygen atoms in total. The number of benzene rings is 1. The van der Waals surface area contributed by atoms with Crippen molar-refractivity contribution >= 4 is 11.8 Å². The average molecular weight is 309 g/mol. The van der Waals surface area contributed by atoms with E-state index in [0.717, 1.165) is 0 Å². The normalized spacial score (nSPS) is 10.6. The first-order valence-corrected chi connectivity index (χ1v) is 7.23. The molecule has 0 aliphatic heterocycles. The van der Waals surface area contributed by atoms with Crippen molar-refractivity contribution in [1.29, 1.82) is 5.26 Å². The molecule has 0 saturated carbocycles. The Bertz CT molecular complexity index is 646. The van der Waals surface area contributed by atoms with Crippen LogP contribution in [-0.4, -0.2) is 14.7 Å². The third-order valence-electron chi connectivity index (χ3n) is 2.92. The Morgan fingerprint density at radius 1 is 1.33 bits per heavy atom. The zero-order valence-corrected chi connectivity index (χ0v) is 11.9. The average Bonchev–Trinajstić information content (AvgIpc) is 2.86. The van der Waals surface area contributed by atoms with E-state index in [1.165, 1.54) is 36.2 Å². The Morgan fingerprint density at radius 2 is 2.05 bits per heavy atom. The maximum absolute atomic E-state index is 13.6. The van der Waals surface area contributed by atoms with Crippen LogP contribution in [0.1, 0.15) is 17.7 Å². The third-order valence-corrected chi connectivity index (χ3v) is 3.94. The van der Waals surface area contributed by atoms with Gasteiger partial charge in [-0.1, -0.05) is 17.8 Å². The summed E-state index contributed by atoms with van der Waals surface area (Å²) in [6.45, 7) is 0.182. The van der Waals surface area contributed by atoms with E-state index < -0.39 is 11.6 Å². The Hall–Kier alpha value is -1.91. The molecule has 7 heteroatoms. The molecular weight excluding hydrogens is 296 g/mol. The molecule has 1 aromatic carbocycles. The monoisotopic (exact) mass is 309 g/mol. The minimum atomic E-state index is -0.597. The molecule has 0 amide bonds. The first kappa shape index (κ1) is 15.5. The van der Waals surface area contributed by atoms with Crippen LogP contribution < -0.4 is 0 Å². The number of aliphatic hydroxyl groups is 1. The number of nitrogens with zero attached hydrogens (tertiary/aromatic N) is 3. The summed E-state index contributed by atoms with van der Waals surface area (Å²) in [6, 6.07) is 5.75. The fourth-order valence-corrected chi connectivity index (χ4v) is 2.88. The highest BCUT2D eigenvalue weighted by Crippen LogP contribution is 2.26. The van der Waals surface area contributed by atoms with Gasteiger partial charge in [0, 0.05) is 17.9 Å². The van der Waals surface area contributed by atoms with Crippen molar-refractivity contribution in [2.75, 3.05) is 0 Å². The molecule has 2 rings (SSSR count). The van der Waals surface area contributed by atoms with E-state index in [1.807, 2.05) is 6.07 Å². The van der Waals surface area contributed by atoms with Gasteiger partial charge in [0.2, 0.25) is 0 Å². The topological polar surface area (TPSA) is 61.8 Å². The second-order valence-corrected chi connectivity index (χ2v) is 5.18. The number of rotatable bonds is 6. The lowest BCUT2D eigenvalue weighted by Gasteiger charge is -2.09. The van der Waals surface area contributed by atoms with Crippen LogP contribution in [0.2, 0.25) is 0 Å². The van der Waals surface area contributed by atoms with Crippen LogP contribution in [0.15, 0.2) is 29.6 Å². The Balaban J connectivity index is 2.16. The first-order chi connectivity index (χ1) is 10.2. The van der Waals surface area contributed by atoms with Gasteiger partial charge in [-0.25, -0.2) is 13.8 Å². The Kier molecular flexibility index (Phi) is 5.31. The molecule has 1 aromatic heterocycles. The highest BCUT2D eigenvalue weighted by molar-refractivity contribution is 7.98. The molecule has 1 N–H and O–H groups in total. The molecule has 0 unspecified atom stereocenters. The fraction of sp³-hybridized carbons (Fsp3) is 0.286. The predicted molar refractivity (Wildman–Crippen MR) is 74.3 cm³/mol. The molecular formula is C14H13F2N3OS. The third kappa shape index (κ3) is 3.60. The highest BCUT2D eigenvalue weighted by Gasteiger charge is 2.13. The number of hydrogen-bond acceptors (Lipinski definition) is 4. The standard InChI is InChI=1S/C14H13F2N3OS/c15-12-3-1-4-13(16)11(12)9-21-14-18-7-10(8-20)19(14)6-2-5-17/h1,3-4,7,20H,2,6,8-9H2. The van der Waals surface area contributed by atoms with Gasteiger partial charge in [0.25, 0.3) is 0 Å². The summed E-state index contributed by atoms with van der Waals surface area (Å²) in [6.07, 6.45) is 1.77. The first-order valence-electron chi connectivity index (χ1n) is 6.25. The molecule has 0 saturated heterocycles. The second-order valence-electron chi connectivity index (χ2n) is 4.24. The van der Waals surface area contributed by atoms with Crippen molar-refractivity contribution in [1.82, 2.24) is 9.55 Å². The molecule has 0 radical (unpaired) electrons. The molecule has 21 heavy (non-hydrogen) atoms. The summed E-state index contributed by atoms with van der Waals surface area (Å²) in [5.41, 5.74) is 0.560. The van der Waals surface area contributed by atoms with E-state index in [9.17, 15) is 13.9 Å². The summed E-state index contributed by atoms with van der Waals surface area (Å²) >= 11 is 1.17. The lowest BCUT2D eigenvalue weighted by molar-refractivity contribution is 0.269. The number of aromatic nitrogens is 2. The maximum Gasteiger partial charge on any atom is 0.168 e. The van der Waals surface area contributed by atoms with Gasteiger partial charge in [-0.05, 0) is 12.1 Å². The van der Waals surface area contributed by atoms with Crippen molar-refractivity contribution in [3.05, 3.63) is 47.3 Å². The van der Waals surface area contributed by atoms with Gasteiger partial charge in [-0.3, -0.25) is 0 Å². The van der Waals surface area contributed by atoms with Crippen molar-refractivity contribution in [3.8, 4) is 6.07 Å². The van der Waals surface area contributed by atoms with E-state index in [0.29, 0.717) is 17.4 Å². The van der Waals surface area contributed by atoms with Crippen molar-refractivity contribution in [2.45, 2.75) is 30.5 Å². The molecule has 0 atom stereocenters. The van der Waals surface area contributed by atoms with E-state index in [-0.39, 0.29) is 24.3 Å². The smallest absolute Gasteiger partial charge is 0.168 e. The van der Waals surface area contributed by atoms with Crippen LogP contribution in [0.3, 0.4) is 0 Å². The molecule has 0 aliphatic carbocycles. The summed E-state index contributed by atoms with van der Waals surface area (Å²) < 4.78 is 28.8. The van der Waals surface area contributed by atoms with Gasteiger partial charge in [0.15, 0.2) is 5.16 Å². The van der Waals surface area contributed by atoms with Crippen LogP contribution in [0.4, 0.5) is 8.78 Å². The van der Waals surface area contributed by atoms with Crippen LogP contribution in [-0.2, 0) is 18.9 Å². The molecule has 2 aromatic rings. The summed E-state index contributed by atoms with van der Waals surface area (Å²) in [7, 11) is 0. The number of nitriles is 1. The van der Waals surface area contributed by atoms with E-state index in [2.05, 4.69) is 4.98 Å². The molecule has 110 valence electrons. The second kappa shape index (κ2) is 7.20. The zero-order valence-electron chi connectivity index (χ0n) is 11.1. The predicted octanol–water partition coefficient (Wildman–Crippen LogP) is 2.86. The van der Waals surface area contributed by atoms with Crippen molar-refractivity contribution in [2.24, 2.45) is 0 Å². The van der Waals surface area contributed by atoms with Crippen LogP contribution >= 0.6 is 11.8 Å². The Labute approximate surface area is 125 Å². The molecule has 0 spiro atoms. The van der Waals surface area contributed by atoms with E-state index in [4.69, 9.17) is 5.26 Å². The van der Waals surface area contributed by atoms with Crippen LogP contribution in [0, 0.1) is 23.0 Å². The maximum atomic E-state index is 13.6. The highest BCUT2D eigenvalue weighted by atomic mass is 32.2. The van der Waals surface area contributed by atoms with Crippen LogP contribution in [0.5, 0.6) is 0 Å². The van der Waals surface area contributed by atoms with Gasteiger partial charge < -0.3 is 9.67 Å². The van der Waals surface area contributed by atoms with Crippen molar-refractivity contribution in [3.63, 3.8) is 0 Å². The lowest BCUT2D eigenvalue weighted by Crippen LogP contribution is -2.04. The minimum absolute atomic E-state index is 0.0112. The Morgan fingerprint density at radius 3 is 2.67 bits per heavy atom. The zero-order chi connectivity index (χ0) is 15.2. The number of halogens is 2. The summed E-state index contributed by atoms with van der Waals surface area (Å²) in [5.74, 6) is -1.10. The largest absolute Gasteiger partial charge is 0.390 e. The lowest BCUT2D eigenvalue weighted by atomic mass is 10.2. The SMILES string of the molecule is N#CCCn1c(CO)cnc1SCc1c(F)cccc1F. The van der Waals surface area contributed by atoms with E-state index >= 15 is 0 Å². The van der Waals surface area contributed by atoms with E-state index in [1.54, 1.807) is 4.57 Å². The van der Waals surface area contributed by atoms with Crippen molar-refractivity contribution < 1.29 is 13.9 Å². The number of thioether (sulfide) groups is 1. The number of imidazole rings is 1. The van der Waals surface area contributed by atoms with Gasteiger partial charge in [-0.15, -0.1) is 0 Å². The summed E-state index contributed by atoms with van der Waals surface area (Å²) in [5, 5.41) is 18.4. The van der Waals surface area contributed by atoms with Gasteiger partial charge in [0.05, 0.1) is 31.0 Å². The quantitative estimate of drug-likeness (QED) is 0.834. The molecule has 0 fully saturated rings. The molecule has 0 aliphatic rings. The number of hydrogen-bond donors (Lipinski definition) is 1.